The van der Waals surface area contributed by atoms with Gasteiger partial charge in [-0.2, -0.15) is 5.10 Å². The number of nitrogens with one attached hydrogen (secondary N) is 1. The molecule has 0 unspecified atom stereocenters. The van der Waals surface area contributed by atoms with Gasteiger partial charge >= 0.3 is 0 Å². The molecule has 3 rings (SSSR count). The highest BCUT2D eigenvalue weighted by molar-refractivity contribution is 9.10. The third kappa shape index (κ3) is 4.65. The van der Waals surface area contributed by atoms with Gasteiger partial charge in [0.2, 0.25) is 0 Å². The smallest absolute Gasteiger partial charge is 0.251 e. The highest BCUT2D eigenvalue weighted by Gasteiger charge is 2.14. The van der Waals surface area contributed by atoms with Gasteiger partial charge in [0.25, 0.3) is 5.91 Å². The molecule has 0 aliphatic heterocycles. The molecule has 3 aromatic rings. The second-order valence-electron chi connectivity index (χ2n) is 5.79. The van der Waals surface area contributed by atoms with Crippen LogP contribution in [0.25, 0.3) is 0 Å². The minimum atomic E-state index is -0.208. The quantitative estimate of drug-likeness (QED) is 0.622. The van der Waals surface area contributed by atoms with Crippen LogP contribution >= 0.6 is 15.9 Å². The Labute approximate surface area is 165 Å². The van der Waals surface area contributed by atoms with Crippen LogP contribution < -0.4 is 14.8 Å². The van der Waals surface area contributed by atoms with Gasteiger partial charge in [-0.15, -0.1) is 0 Å². The van der Waals surface area contributed by atoms with Crippen LogP contribution in [0.1, 0.15) is 21.5 Å². The summed E-state index contributed by atoms with van der Waals surface area (Å²) in [5, 5.41) is 7.03. The molecule has 0 spiro atoms. The second-order valence-corrected chi connectivity index (χ2v) is 6.58. The SMILES string of the molecule is COc1cc(C(=O)NCc2cccc(Cn3cncn3)c2)cc(OC)c1Br. The summed E-state index contributed by atoms with van der Waals surface area (Å²) in [7, 11) is 3.09. The number of benzene rings is 2. The molecular formula is C19H19BrN4O3. The summed E-state index contributed by atoms with van der Waals surface area (Å²) in [4.78, 5) is 16.5. The minimum Gasteiger partial charge on any atom is -0.495 e. The zero-order chi connectivity index (χ0) is 19.2. The molecule has 0 bridgehead atoms. The number of methoxy groups -OCH3 is 2. The van der Waals surface area contributed by atoms with E-state index in [2.05, 4.69) is 31.3 Å². The summed E-state index contributed by atoms with van der Waals surface area (Å²) < 4.78 is 13.0. The first-order valence-corrected chi connectivity index (χ1v) is 9.00. The van der Waals surface area contributed by atoms with E-state index in [1.807, 2.05) is 24.3 Å². The van der Waals surface area contributed by atoms with Crippen LogP contribution in [-0.4, -0.2) is 34.9 Å². The van der Waals surface area contributed by atoms with Crippen molar-refractivity contribution in [3.63, 3.8) is 0 Å². The van der Waals surface area contributed by atoms with E-state index in [0.29, 0.717) is 34.6 Å². The predicted molar refractivity (Wildman–Crippen MR) is 104 cm³/mol. The molecule has 1 aromatic heterocycles. The van der Waals surface area contributed by atoms with E-state index in [4.69, 9.17) is 9.47 Å². The fourth-order valence-electron chi connectivity index (χ4n) is 2.62. The van der Waals surface area contributed by atoms with Crippen LogP contribution in [0.5, 0.6) is 11.5 Å². The van der Waals surface area contributed by atoms with Gasteiger partial charge < -0.3 is 14.8 Å². The highest BCUT2D eigenvalue weighted by Crippen LogP contribution is 2.35. The molecule has 0 atom stereocenters. The van der Waals surface area contributed by atoms with E-state index in [9.17, 15) is 4.79 Å². The Morgan fingerprint density at radius 3 is 2.48 bits per heavy atom. The number of ether oxygens (including phenoxy) is 2. The standard InChI is InChI=1S/C19H19BrN4O3/c1-26-16-7-15(8-17(27-2)18(16)20)19(25)22-9-13-4-3-5-14(6-13)10-24-12-21-11-23-24/h3-8,11-12H,9-10H2,1-2H3,(H,22,25). The van der Waals surface area contributed by atoms with Crippen molar-refractivity contribution in [1.82, 2.24) is 20.1 Å². The first kappa shape index (κ1) is 18.9. The van der Waals surface area contributed by atoms with Crippen LogP contribution in [0, 0.1) is 0 Å². The van der Waals surface area contributed by atoms with Crippen molar-refractivity contribution in [2.24, 2.45) is 0 Å². The summed E-state index contributed by atoms with van der Waals surface area (Å²) in [6, 6.07) is 11.3. The van der Waals surface area contributed by atoms with E-state index in [1.165, 1.54) is 6.33 Å². The summed E-state index contributed by atoms with van der Waals surface area (Å²) in [6.45, 7) is 1.04. The number of carbonyl (C=O) groups is 1. The normalized spacial score (nSPS) is 10.5. The molecule has 0 saturated heterocycles. The van der Waals surface area contributed by atoms with Gasteiger partial charge in [0, 0.05) is 12.1 Å². The molecule has 0 radical (unpaired) electrons. The molecule has 8 heteroatoms. The summed E-state index contributed by atoms with van der Waals surface area (Å²) in [6.07, 6.45) is 3.17. The molecule has 1 amide bonds. The van der Waals surface area contributed by atoms with Gasteiger partial charge in [-0.3, -0.25) is 4.79 Å². The first-order chi connectivity index (χ1) is 13.1. The maximum Gasteiger partial charge on any atom is 0.251 e. The molecule has 1 heterocycles. The molecule has 0 fully saturated rings. The molecule has 0 aliphatic rings. The number of amides is 1. The van der Waals surface area contributed by atoms with E-state index < -0.39 is 0 Å². The Balaban J connectivity index is 1.69. The lowest BCUT2D eigenvalue weighted by Crippen LogP contribution is -2.23. The van der Waals surface area contributed by atoms with E-state index >= 15 is 0 Å². The van der Waals surface area contributed by atoms with Gasteiger partial charge in [0.1, 0.15) is 28.6 Å². The Kier molecular flexibility index (Phi) is 6.08. The van der Waals surface area contributed by atoms with E-state index in [1.54, 1.807) is 37.4 Å². The topological polar surface area (TPSA) is 78.3 Å². The molecule has 0 saturated carbocycles. The monoisotopic (exact) mass is 430 g/mol. The maximum atomic E-state index is 12.5. The number of hydrogen-bond donors (Lipinski definition) is 1. The van der Waals surface area contributed by atoms with Gasteiger partial charge in [0.15, 0.2) is 0 Å². The molecular weight excluding hydrogens is 412 g/mol. The predicted octanol–water partition coefficient (Wildman–Crippen LogP) is 3.04. The Hall–Kier alpha value is -2.87. The lowest BCUT2D eigenvalue weighted by molar-refractivity contribution is 0.0950. The average Bonchev–Trinajstić information content (AvgIpc) is 3.19. The third-order valence-corrected chi connectivity index (χ3v) is 4.75. The third-order valence-electron chi connectivity index (χ3n) is 3.96. The van der Waals surface area contributed by atoms with E-state index in [-0.39, 0.29) is 5.91 Å². The van der Waals surface area contributed by atoms with Crippen molar-refractivity contribution < 1.29 is 14.3 Å². The zero-order valence-corrected chi connectivity index (χ0v) is 16.6. The van der Waals surface area contributed by atoms with Crippen LogP contribution in [0.3, 0.4) is 0 Å². The van der Waals surface area contributed by atoms with Crippen LogP contribution in [0.4, 0.5) is 0 Å². The number of halogens is 1. The number of rotatable bonds is 7. The number of carbonyl (C=O) groups excluding carboxylic acids is 1. The fourth-order valence-corrected chi connectivity index (χ4v) is 3.18. The van der Waals surface area contributed by atoms with Crippen molar-refractivity contribution in [2.75, 3.05) is 14.2 Å². The minimum absolute atomic E-state index is 0.208. The van der Waals surface area contributed by atoms with Crippen LogP contribution in [0.15, 0.2) is 53.5 Å². The number of aromatic nitrogens is 3. The molecule has 140 valence electrons. The first-order valence-electron chi connectivity index (χ1n) is 8.20. The van der Waals surface area contributed by atoms with Crippen molar-refractivity contribution in [3.05, 3.63) is 70.2 Å². The lowest BCUT2D eigenvalue weighted by atomic mass is 10.1. The lowest BCUT2D eigenvalue weighted by Gasteiger charge is -2.12. The molecule has 0 aliphatic carbocycles. The van der Waals surface area contributed by atoms with Crippen molar-refractivity contribution in [1.29, 1.82) is 0 Å². The van der Waals surface area contributed by atoms with Crippen molar-refractivity contribution >= 4 is 21.8 Å². The summed E-state index contributed by atoms with van der Waals surface area (Å²) >= 11 is 3.40. The van der Waals surface area contributed by atoms with Crippen molar-refractivity contribution in [2.45, 2.75) is 13.1 Å². The molecule has 7 nitrogen and oxygen atoms in total. The van der Waals surface area contributed by atoms with Crippen LogP contribution in [-0.2, 0) is 13.1 Å². The Morgan fingerprint density at radius 2 is 1.85 bits per heavy atom. The number of nitrogens with zero attached hydrogens (tertiary/aromatic N) is 3. The van der Waals surface area contributed by atoms with Gasteiger partial charge in [-0.05, 0) is 39.2 Å². The summed E-state index contributed by atoms with van der Waals surface area (Å²) in [5.41, 5.74) is 2.54. The second kappa shape index (κ2) is 8.68. The summed E-state index contributed by atoms with van der Waals surface area (Å²) in [5.74, 6) is 0.865. The van der Waals surface area contributed by atoms with Crippen LogP contribution in [0.2, 0.25) is 0 Å². The number of hydrogen-bond acceptors (Lipinski definition) is 5. The average molecular weight is 431 g/mol. The molecule has 2 aromatic carbocycles. The Morgan fingerprint density at radius 1 is 1.15 bits per heavy atom. The molecule has 1 N–H and O–H groups in total. The van der Waals surface area contributed by atoms with Gasteiger partial charge in [-0.25, -0.2) is 9.67 Å². The molecule has 27 heavy (non-hydrogen) atoms. The fraction of sp³-hybridized carbons (Fsp3) is 0.211. The van der Waals surface area contributed by atoms with Gasteiger partial charge in [0.05, 0.1) is 20.8 Å². The van der Waals surface area contributed by atoms with Gasteiger partial charge in [-0.1, -0.05) is 24.3 Å². The zero-order valence-electron chi connectivity index (χ0n) is 15.0. The largest absolute Gasteiger partial charge is 0.495 e. The Bertz CT molecular complexity index is 903. The highest BCUT2D eigenvalue weighted by atomic mass is 79.9. The van der Waals surface area contributed by atoms with E-state index in [0.717, 1.165) is 11.1 Å². The maximum absolute atomic E-state index is 12.5. The van der Waals surface area contributed by atoms with Crippen molar-refractivity contribution in [3.8, 4) is 11.5 Å².